The van der Waals surface area contributed by atoms with Crippen LogP contribution in [-0.4, -0.2) is 70.0 Å². The fourth-order valence-electron chi connectivity index (χ4n) is 3.57. The van der Waals surface area contributed by atoms with Crippen molar-refractivity contribution in [2.45, 2.75) is 19.0 Å². The van der Waals surface area contributed by atoms with Gasteiger partial charge in [0.25, 0.3) is 0 Å². The second-order valence-electron chi connectivity index (χ2n) is 6.77. The van der Waals surface area contributed by atoms with Gasteiger partial charge in [-0.05, 0) is 24.1 Å². The number of nitrogens with one attached hydrogen (secondary N) is 2. The van der Waals surface area contributed by atoms with Gasteiger partial charge in [0.05, 0.1) is 19.8 Å². The predicted octanol–water partition coefficient (Wildman–Crippen LogP) is 1.23. The van der Waals surface area contributed by atoms with E-state index in [4.69, 9.17) is 9.47 Å². The predicted molar refractivity (Wildman–Crippen MR) is 99.7 cm³/mol. The second kappa shape index (κ2) is 9.85. The van der Waals surface area contributed by atoms with Crippen LogP contribution in [0, 0.1) is 11.7 Å². The highest BCUT2D eigenvalue weighted by atomic mass is 19.1. The molecule has 2 heterocycles. The van der Waals surface area contributed by atoms with Gasteiger partial charge in [-0.2, -0.15) is 0 Å². The molecule has 2 atom stereocenters. The van der Waals surface area contributed by atoms with Crippen molar-refractivity contribution in [1.82, 2.24) is 15.5 Å². The quantitative estimate of drug-likeness (QED) is 0.587. The zero-order chi connectivity index (χ0) is 18.2. The monoisotopic (exact) mass is 364 g/mol. The molecule has 26 heavy (non-hydrogen) atoms. The number of hydrogen-bond donors (Lipinski definition) is 2. The Morgan fingerprint density at radius 1 is 1.19 bits per heavy atom. The van der Waals surface area contributed by atoms with Crippen LogP contribution in [0.25, 0.3) is 0 Å². The SMILES string of the molecule is CN=C(NCc1ccc(F)cc1)NCC(C1CCOC1)N1CCOCC1. The third kappa shape index (κ3) is 5.40. The Morgan fingerprint density at radius 2 is 1.96 bits per heavy atom. The Kier molecular flexibility index (Phi) is 7.22. The van der Waals surface area contributed by atoms with E-state index in [2.05, 4.69) is 20.5 Å². The number of benzene rings is 1. The number of rotatable bonds is 6. The lowest BCUT2D eigenvalue weighted by Gasteiger charge is -2.37. The standard InChI is InChI=1S/C19H29FN4O2/c1-21-19(22-12-15-2-4-17(20)5-3-15)23-13-18(16-6-9-26-14-16)24-7-10-25-11-8-24/h2-5,16,18H,6-14H2,1H3,(H2,21,22,23). The molecule has 0 saturated carbocycles. The van der Waals surface area contributed by atoms with Crippen LogP contribution >= 0.6 is 0 Å². The number of aliphatic imine (C=N–C) groups is 1. The summed E-state index contributed by atoms with van der Waals surface area (Å²) in [6.07, 6.45) is 1.10. The van der Waals surface area contributed by atoms with E-state index >= 15 is 0 Å². The molecule has 1 aromatic rings. The molecule has 7 heteroatoms. The molecule has 3 rings (SSSR count). The first-order chi connectivity index (χ1) is 12.8. The average Bonchev–Trinajstić information content (AvgIpc) is 3.21. The van der Waals surface area contributed by atoms with Crippen LogP contribution in [0.15, 0.2) is 29.3 Å². The minimum Gasteiger partial charge on any atom is -0.381 e. The van der Waals surface area contributed by atoms with Crippen molar-refractivity contribution < 1.29 is 13.9 Å². The molecule has 2 aliphatic heterocycles. The molecule has 0 aromatic heterocycles. The normalized spacial score (nSPS) is 23.0. The summed E-state index contributed by atoms with van der Waals surface area (Å²) in [4.78, 5) is 6.81. The van der Waals surface area contributed by atoms with Gasteiger partial charge < -0.3 is 20.1 Å². The number of halogens is 1. The van der Waals surface area contributed by atoms with E-state index in [1.807, 2.05) is 0 Å². The van der Waals surface area contributed by atoms with E-state index in [-0.39, 0.29) is 5.82 Å². The molecule has 2 fully saturated rings. The Hall–Kier alpha value is -1.70. The largest absolute Gasteiger partial charge is 0.381 e. The van der Waals surface area contributed by atoms with Gasteiger partial charge in [0.1, 0.15) is 5.82 Å². The molecule has 144 valence electrons. The molecule has 2 aliphatic rings. The van der Waals surface area contributed by atoms with E-state index in [1.54, 1.807) is 19.2 Å². The highest BCUT2D eigenvalue weighted by Crippen LogP contribution is 2.21. The minimum atomic E-state index is -0.219. The summed E-state index contributed by atoms with van der Waals surface area (Å²) in [7, 11) is 1.77. The molecule has 0 aliphatic carbocycles. The Balaban J connectivity index is 1.52. The van der Waals surface area contributed by atoms with Crippen molar-refractivity contribution in [3.05, 3.63) is 35.6 Å². The fourth-order valence-corrected chi connectivity index (χ4v) is 3.57. The van der Waals surface area contributed by atoms with Crippen LogP contribution in [0.1, 0.15) is 12.0 Å². The Bertz CT molecular complexity index is 569. The van der Waals surface area contributed by atoms with E-state index in [0.29, 0.717) is 18.5 Å². The maximum Gasteiger partial charge on any atom is 0.191 e. The number of nitrogens with zero attached hydrogens (tertiary/aromatic N) is 2. The molecular formula is C19H29FN4O2. The zero-order valence-electron chi connectivity index (χ0n) is 15.4. The molecule has 1 aromatic carbocycles. The van der Waals surface area contributed by atoms with Crippen molar-refractivity contribution in [1.29, 1.82) is 0 Å². The molecular weight excluding hydrogens is 335 g/mol. The van der Waals surface area contributed by atoms with Gasteiger partial charge in [-0.1, -0.05) is 12.1 Å². The molecule has 6 nitrogen and oxygen atoms in total. The van der Waals surface area contributed by atoms with E-state index in [9.17, 15) is 4.39 Å². The van der Waals surface area contributed by atoms with Gasteiger partial charge in [-0.15, -0.1) is 0 Å². The average molecular weight is 364 g/mol. The van der Waals surface area contributed by atoms with Crippen LogP contribution < -0.4 is 10.6 Å². The molecule has 0 radical (unpaired) electrons. The summed E-state index contributed by atoms with van der Waals surface area (Å²) in [5.74, 6) is 1.07. The Morgan fingerprint density at radius 3 is 2.62 bits per heavy atom. The van der Waals surface area contributed by atoms with Gasteiger partial charge in [0.2, 0.25) is 0 Å². The van der Waals surface area contributed by atoms with Gasteiger partial charge in [-0.3, -0.25) is 9.89 Å². The van der Waals surface area contributed by atoms with E-state index < -0.39 is 0 Å². The third-order valence-electron chi connectivity index (χ3n) is 5.10. The zero-order valence-corrected chi connectivity index (χ0v) is 15.4. The molecule has 0 spiro atoms. The lowest BCUT2D eigenvalue weighted by molar-refractivity contribution is 0.00246. The van der Waals surface area contributed by atoms with Crippen molar-refractivity contribution >= 4 is 5.96 Å². The summed E-state index contributed by atoms with van der Waals surface area (Å²) >= 11 is 0. The van der Waals surface area contributed by atoms with Crippen LogP contribution in [0.5, 0.6) is 0 Å². The van der Waals surface area contributed by atoms with Crippen molar-refractivity contribution in [3.8, 4) is 0 Å². The van der Waals surface area contributed by atoms with E-state index in [0.717, 1.165) is 64.0 Å². The van der Waals surface area contributed by atoms with Gasteiger partial charge in [0.15, 0.2) is 5.96 Å². The molecule has 2 saturated heterocycles. The number of morpholine rings is 1. The number of guanidine groups is 1. The highest BCUT2D eigenvalue weighted by molar-refractivity contribution is 5.79. The molecule has 0 bridgehead atoms. The summed E-state index contributed by atoms with van der Waals surface area (Å²) in [6, 6.07) is 6.92. The highest BCUT2D eigenvalue weighted by Gasteiger charge is 2.31. The summed E-state index contributed by atoms with van der Waals surface area (Å²) in [6.45, 7) is 6.61. The van der Waals surface area contributed by atoms with E-state index in [1.165, 1.54) is 12.1 Å². The van der Waals surface area contributed by atoms with Crippen LogP contribution in [-0.2, 0) is 16.0 Å². The number of ether oxygens (including phenoxy) is 2. The first kappa shape index (κ1) is 19.1. The van der Waals surface area contributed by atoms with Crippen LogP contribution in [0.3, 0.4) is 0 Å². The van der Waals surface area contributed by atoms with Crippen LogP contribution in [0.2, 0.25) is 0 Å². The summed E-state index contributed by atoms with van der Waals surface area (Å²) in [5, 5.41) is 6.75. The van der Waals surface area contributed by atoms with Crippen molar-refractivity contribution in [2.75, 3.05) is 53.1 Å². The van der Waals surface area contributed by atoms with Gasteiger partial charge in [-0.25, -0.2) is 4.39 Å². The van der Waals surface area contributed by atoms with Crippen molar-refractivity contribution in [2.24, 2.45) is 10.9 Å². The minimum absolute atomic E-state index is 0.219. The second-order valence-corrected chi connectivity index (χ2v) is 6.77. The topological polar surface area (TPSA) is 58.1 Å². The van der Waals surface area contributed by atoms with Gasteiger partial charge in [0, 0.05) is 51.8 Å². The lowest BCUT2D eigenvalue weighted by atomic mass is 9.97. The maximum atomic E-state index is 13.0. The van der Waals surface area contributed by atoms with Crippen molar-refractivity contribution in [3.63, 3.8) is 0 Å². The van der Waals surface area contributed by atoms with Crippen LogP contribution in [0.4, 0.5) is 4.39 Å². The van der Waals surface area contributed by atoms with Gasteiger partial charge >= 0.3 is 0 Å². The summed E-state index contributed by atoms with van der Waals surface area (Å²) < 4.78 is 24.1. The molecule has 0 amide bonds. The first-order valence-electron chi connectivity index (χ1n) is 9.35. The third-order valence-corrected chi connectivity index (χ3v) is 5.10. The lowest BCUT2D eigenvalue weighted by Crippen LogP contribution is -2.53. The summed E-state index contributed by atoms with van der Waals surface area (Å²) in [5.41, 5.74) is 1.02. The molecule has 2 unspecified atom stereocenters. The molecule has 2 N–H and O–H groups in total. The Labute approximate surface area is 154 Å². The first-order valence-corrected chi connectivity index (χ1v) is 9.35. The number of hydrogen-bond acceptors (Lipinski definition) is 4. The smallest absolute Gasteiger partial charge is 0.191 e. The maximum absolute atomic E-state index is 13.0. The fraction of sp³-hybridized carbons (Fsp3) is 0.632.